The minimum absolute atomic E-state index is 0.0352. The molecule has 1 aromatic heterocycles. The third-order valence-corrected chi connectivity index (χ3v) is 19.1. The van der Waals surface area contributed by atoms with Gasteiger partial charge in [-0.15, -0.1) is 4.31 Å². The lowest BCUT2D eigenvalue weighted by atomic mass is 9.60. The molecule has 2 bridgehead atoms. The number of nitrogens with one attached hydrogen (secondary N) is 2. The number of carboxylic acids is 4. The van der Waals surface area contributed by atoms with Gasteiger partial charge in [-0.1, -0.05) is 26.8 Å². The van der Waals surface area contributed by atoms with E-state index >= 15 is 0 Å². The molecule has 3 aliphatic rings. The predicted octanol–water partition coefficient (Wildman–Crippen LogP) is 4.22. The molecule has 0 radical (unpaired) electrons. The Bertz CT molecular complexity index is 2800. The molecule has 89 heavy (non-hydrogen) atoms. The van der Waals surface area contributed by atoms with Crippen molar-refractivity contribution < 1.29 is 68.0 Å². The Morgan fingerprint density at radius 1 is 0.719 bits per heavy atom. The van der Waals surface area contributed by atoms with Crippen molar-refractivity contribution in [1.29, 1.82) is 0 Å². The molecule has 1 saturated heterocycles. The summed E-state index contributed by atoms with van der Waals surface area (Å²) in [6.45, 7) is 11.1. The number of carbonyl (C=O) groups excluding carboxylic acids is 3. The van der Waals surface area contributed by atoms with Gasteiger partial charge in [-0.05, 0) is 150 Å². The number of methoxy groups -OCH3 is 2. The number of carboxylic acid groups (broad SMARTS) is 4. The van der Waals surface area contributed by atoms with Gasteiger partial charge in [0.05, 0.1) is 57.3 Å². The summed E-state index contributed by atoms with van der Waals surface area (Å²) in [7, 11) is 8.76. The molecule has 2 saturated carbocycles. The Balaban J connectivity index is 0.952. The molecule has 3 fully saturated rings. The van der Waals surface area contributed by atoms with Crippen molar-refractivity contribution in [3.8, 4) is 28.4 Å². The SMILES string of the molecule is COc1cccc(OC)c1-c1cc(C(=O)NC2(C(=O)O)CCC3CC(C)CC2C3)nn1-c1ccc(C(=O)N(C)CCCN(C)CCCN(C)[S+]([O-])CCCCCNC(=O)CN2CCN(CC(=O)O)CCN(CC(=O)O)CCN(CC(=O)O)CC2)cc1C(C)C. The number of amides is 3. The first-order valence-corrected chi connectivity index (χ1v) is 32.6. The van der Waals surface area contributed by atoms with Crippen LogP contribution in [0.1, 0.15) is 117 Å². The fourth-order valence-corrected chi connectivity index (χ4v) is 13.8. The molecule has 25 nitrogen and oxygen atoms in total. The van der Waals surface area contributed by atoms with Crippen molar-refractivity contribution in [2.24, 2.45) is 17.8 Å². The molecular weight excluding hydrogens is 1170 g/mol. The van der Waals surface area contributed by atoms with E-state index in [9.17, 15) is 58.5 Å². The van der Waals surface area contributed by atoms with Crippen molar-refractivity contribution >= 4 is 53.0 Å². The number of benzene rings is 2. The van der Waals surface area contributed by atoms with Gasteiger partial charge >= 0.3 is 23.9 Å². The van der Waals surface area contributed by atoms with Crippen molar-refractivity contribution in [3.63, 3.8) is 0 Å². The number of fused-ring (bicyclic) bond motifs is 2. The highest BCUT2D eigenvalue weighted by atomic mass is 32.2. The van der Waals surface area contributed by atoms with Crippen LogP contribution in [-0.4, -0.2) is 268 Å². The standard InChI is InChI=1S/C63H97N11O14S/c1-44(2)49-38-47(17-18-51(49)74-52(59-53(87-7)15-12-16-54(59)88-8)39-50(66-74)60(82)65-63(62(84)85)20-19-46-35-45(3)36-48(63)37-46)61(83)68(5)24-13-22-67(4)23-14-25-69(6)89(86)34-11-9-10-21-64-55(75)40-70-26-28-71(41-56(76)77)30-32-73(43-58(80)81)33-31-72(29-27-70)42-57(78)79/h12,15-18,38-39,44-46,48H,9-11,13-14,19-37,40-43H2,1-8H3,(H,64,75)(H,65,82)(H,76,77)(H,78,79)(H,80,81)(H,84,85). The van der Waals surface area contributed by atoms with Gasteiger partial charge in [0, 0.05) is 103 Å². The predicted molar refractivity (Wildman–Crippen MR) is 338 cm³/mol. The van der Waals surface area contributed by atoms with Gasteiger partial charge in [-0.3, -0.25) is 48.4 Å². The number of nitrogens with zero attached hydrogens (tertiary/aromatic N) is 9. The van der Waals surface area contributed by atoms with E-state index in [1.165, 1.54) is 0 Å². The molecule has 494 valence electrons. The van der Waals surface area contributed by atoms with Crippen LogP contribution in [0.4, 0.5) is 0 Å². The summed E-state index contributed by atoms with van der Waals surface area (Å²) in [5, 5.41) is 50.1. The van der Waals surface area contributed by atoms with E-state index in [-0.39, 0.29) is 68.6 Å². The summed E-state index contributed by atoms with van der Waals surface area (Å²) >= 11 is -1.18. The highest BCUT2D eigenvalue weighted by Crippen LogP contribution is 2.48. The maximum Gasteiger partial charge on any atom is 0.329 e. The Kier molecular flexibility index (Phi) is 28.0. The monoisotopic (exact) mass is 1260 g/mol. The molecule has 3 aromatic rings. The molecule has 0 spiro atoms. The van der Waals surface area contributed by atoms with Crippen molar-refractivity contribution in [2.45, 2.75) is 96.4 Å². The molecule has 1 aliphatic heterocycles. The number of hydrogen-bond donors (Lipinski definition) is 6. The van der Waals surface area contributed by atoms with Gasteiger partial charge in [0.1, 0.15) is 22.8 Å². The number of ether oxygens (including phenoxy) is 2. The van der Waals surface area contributed by atoms with Crippen LogP contribution in [0, 0.1) is 17.8 Å². The molecule has 2 aromatic carbocycles. The molecule has 6 rings (SSSR count). The minimum Gasteiger partial charge on any atom is -0.598 e. The summed E-state index contributed by atoms with van der Waals surface area (Å²) in [6, 6.07) is 12.5. The van der Waals surface area contributed by atoms with Crippen molar-refractivity contribution in [3.05, 3.63) is 59.3 Å². The van der Waals surface area contributed by atoms with Gasteiger partial charge in [-0.25, -0.2) is 9.48 Å². The second-order valence-electron chi connectivity index (χ2n) is 24.7. The van der Waals surface area contributed by atoms with E-state index in [1.54, 1.807) is 75.9 Å². The zero-order chi connectivity index (χ0) is 65.0. The van der Waals surface area contributed by atoms with E-state index in [0.29, 0.717) is 130 Å². The zero-order valence-corrected chi connectivity index (χ0v) is 54.3. The normalized spacial score (nSPS) is 20.3. The molecule has 26 heteroatoms. The average molecular weight is 1260 g/mol. The quantitative estimate of drug-likeness (QED) is 0.0377. The maximum atomic E-state index is 14.4. The summed E-state index contributed by atoms with van der Waals surface area (Å²) in [4.78, 5) is 100. The zero-order valence-electron chi connectivity index (χ0n) is 53.5. The van der Waals surface area contributed by atoms with Gasteiger partial charge in [-0.2, -0.15) is 5.10 Å². The van der Waals surface area contributed by atoms with E-state index in [1.807, 2.05) is 49.3 Å². The Morgan fingerprint density at radius 3 is 1.82 bits per heavy atom. The highest BCUT2D eigenvalue weighted by Gasteiger charge is 2.53. The third-order valence-electron chi connectivity index (χ3n) is 17.6. The maximum absolute atomic E-state index is 14.4. The Labute approximate surface area is 527 Å². The Hall–Kier alpha value is -6.39. The average Bonchev–Trinajstić information content (AvgIpc) is 1.83. The van der Waals surface area contributed by atoms with Crippen LogP contribution in [0.5, 0.6) is 11.5 Å². The number of carbonyl (C=O) groups is 7. The van der Waals surface area contributed by atoms with Crippen LogP contribution >= 0.6 is 0 Å². The van der Waals surface area contributed by atoms with Crippen LogP contribution in [-0.2, 0) is 35.3 Å². The molecule has 3 amide bonds. The topological polar surface area (TPSA) is 306 Å². The number of rotatable bonds is 32. The van der Waals surface area contributed by atoms with Gasteiger partial charge in [0.15, 0.2) is 5.69 Å². The molecular formula is C63H97N11O14S. The number of unbranched alkanes of at least 4 members (excludes halogenated alkanes) is 2. The van der Waals surface area contributed by atoms with E-state index in [2.05, 4.69) is 22.5 Å². The molecule has 2 aliphatic carbocycles. The lowest BCUT2D eigenvalue weighted by Crippen LogP contribution is -2.62. The first-order valence-electron chi connectivity index (χ1n) is 31.3. The lowest BCUT2D eigenvalue weighted by Gasteiger charge is -2.48. The van der Waals surface area contributed by atoms with Crippen molar-refractivity contribution in [2.75, 3.05) is 152 Å². The highest BCUT2D eigenvalue weighted by molar-refractivity contribution is 7.89. The van der Waals surface area contributed by atoms with E-state index in [0.717, 1.165) is 63.6 Å². The smallest absolute Gasteiger partial charge is 0.329 e. The minimum atomic E-state index is -1.42. The van der Waals surface area contributed by atoms with Gasteiger partial charge in [0.2, 0.25) is 5.91 Å². The lowest BCUT2D eigenvalue weighted by molar-refractivity contribution is -0.151. The number of hydrogen-bond acceptors (Lipinski definition) is 17. The Morgan fingerprint density at radius 2 is 1.28 bits per heavy atom. The second kappa shape index (κ2) is 34.7. The number of aromatic nitrogens is 2. The van der Waals surface area contributed by atoms with Crippen LogP contribution in [0.15, 0.2) is 42.5 Å². The van der Waals surface area contributed by atoms with Crippen LogP contribution < -0.4 is 20.1 Å². The summed E-state index contributed by atoms with van der Waals surface area (Å²) < 4.78 is 28.3. The van der Waals surface area contributed by atoms with Gasteiger partial charge in [0.25, 0.3) is 11.8 Å². The summed E-state index contributed by atoms with van der Waals surface area (Å²) in [6.07, 6.45) is 7.28. The summed E-state index contributed by atoms with van der Waals surface area (Å²) in [5.41, 5.74) is 1.57. The van der Waals surface area contributed by atoms with Gasteiger partial charge < -0.3 is 54.9 Å². The van der Waals surface area contributed by atoms with E-state index < -0.39 is 46.7 Å². The van der Waals surface area contributed by atoms with Crippen LogP contribution in [0.25, 0.3) is 16.9 Å². The van der Waals surface area contributed by atoms with Crippen molar-refractivity contribution in [1.82, 2.24) is 54.1 Å². The van der Waals surface area contributed by atoms with Crippen LogP contribution in [0.2, 0.25) is 0 Å². The summed E-state index contributed by atoms with van der Waals surface area (Å²) in [5.74, 6) is -3.09. The number of aliphatic carboxylic acids is 4. The first kappa shape index (κ1) is 71.7. The third kappa shape index (κ3) is 21.1. The second-order valence-corrected chi connectivity index (χ2v) is 26.4. The fraction of sp³-hybridized carbons (Fsp3) is 0.651. The molecule has 5 atom stereocenters. The van der Waals surface area contributed by atoms with E-state index in [4.69, 9.17) is 14.6 Å². The fourth-order valence-electron chi connectivity index (χ4n) is 12.7. The first-order chi connectivity index (χ1) is 42.4. The molecule has 2 heterocycles. The molecule has 6 N–H and O–H groups in total. The van der Waals surface area contributed by atoms with Crippen LogP contribution in [0.3, 0.4) is 0 Å². The molecule has 5 unspecified atom stereocenters. The largest absolute Gasteiger partial charge is 0.598 e.